The smallest absolute Gasteiger partial charge is 0.168 e. The van der Waals surface area contributed by atoms with Gasteiger partial charge in [0.1, 0.15) is 12.0 Å². The van der Waals surface area contributed by atoms with Crippen molar-refractivity contribution in [3.63, 3.8) is 0 Å². The molecule has 6 aromatic rings. The molecule has 1 aromatic carbocycles. The molecule has 5 aromatic heterocycles. The average Bonchev–Trinajstić information content (AvgIpc) is 3.49. The Morgan fingerprint density at radius 3 is 2.69 bits per heavy atom. The number of thiazole rings is 1. The van der Waals surface area contributed by atoms with Crippen molar-refractivity contribution >= 4 is 50.0 Å². The van der Waals surface area contributed by atoms with Crippen molar-refractivity contribution in [2.75, 3.05) is 0 Å². The topological polar surface area (TPSA) is 73.8 Å². The third-order valence-corrected chi connectivity index (χ3v) is 7.85. The van der Waals surface area contributed by atoms with Gasteiger partial charge in [-0.2, -0.15) is 0 Å². The van der Waals surface area contributed by atoms with Gasteiger partial charge < -0.3 is 4.57 Å². The first-order valence-electron chi connectivity index (χ1n) is 10.2. The van der Waals surface area contributed by atoms with Crippen molar-refractivity contribution in [2.24, 2.45) is 0 Å². The molecule has 6 rings (SSSR count). The zero-order valence-corrected chi connectivity index (χ0v) is 19.2. The number of hydrogen-bond donors (Lipinski definition) is 0. The van der Waals surface area contributed by atoms with Gasteiger partial charge in [0.15, 0.2) is 15.8 Å². The maximum atomic E-state index is 4.88. The molecule has 0 radical (unpaired) electrons. The predicted octanol–water partition coefficient (Wildman–Crippen LogP) is 5.04. The van der Waals surface area contributed by atoms with E-state index >= 15 is 0 Å². The Morgan fingerprint density at radius 2 is 1.84 bits per heavy atom. The van der Waals surface area contributed by atoms with Crippen LogP contribution in [0.2, 0.25) is 0 Å². The summed E-state index contributed by atoms with van der Waals surface area (Å²) in [5.41, 5.74) is 6.38. The molecule has 0 aliphatic carbocycles. The van der Waals surface area contributed by atoms with Gasteiger partial charge in [0, 0.05) is 24.6 Å². The van der Waals surface area contributed by atoms with E-state index in [0.717, 1.165) is 38.9 Å². The number of thioether (sulfide) groups is 1. The third-order valence-electron chi connectivity index (χ3n) is 5.68. The molecular weight excluding hydrogens is 438 g/mol. The number of fused-ring (bicyclic) bond motifs is 4. The molecule has 0 amide bonds. The van der Waals surface area contributed by atoms with Crippen molar-refractivity contribution in [3.8, 4) is 0 Å². The summed E-state index contributed by atoms with van der Waals surface area (Å²) in [6.45, 7) is 5.01. The number of hydrogen-bond acceptors (Lipinski definition) is 7. The summed E-state index contributed by atoms with van der Waals surface area (Å²) < 4.78 is 6.26. The Morgan fingerprint density at radius 1 is 1.00 bits per heavy atom. The second-order valence-corrected chi connectivity index (χ2v) is 9.88. The first-order valence-corrected chi connectivity index (χ1v) is 12.0. The highest BCUT2D eigenvalue weighted by Crippen LogP contribution is 2.32. The van der Waals surface area contributed by atoms with Gasteiger partial charge in [0.2, 0.25) is 0 Å². The Bertz CT molecular complexity index is 1550. The molecule has 0 spiro atoms. The van der Waals surface area contributed by atoms with Gasteiger partial charge in [-0.25, -0.2) is 19.5 Å². The summed E-state index contributed by atoms with van der Waals surface area (Å²) in [5, 5.41) is 5.74. The van der Waals surface area contributed by atoms with Crippen LogP contribution < -0.4 is 0 Å². The quantitative estimate of drug-likeness (QED) is 0.338. The van der Waals surface area contributed by atoms with Crippen molar-refractivity contribution < 1.29 is 0 Å². The molecule has 32 heavy (non-hydrogen) atoms. The van der Waals surface area contributed by atoms with E-state index in [9.17, 15) is 0 Å². The highest BCUT2D eigenvalue weighted by atomic mass is 32.2. The minimum absolute atomic E-state index is 0.665. The first-order chi connectivity index (χ1) is 15.7. The minimum atomic E-state index is 0.665. The summed E-state index contributed by atoms with van der Waals surface area (Å²) in [6.07, 6.45) is 5.41. The lowest BCUT2D eigenvalue weighted by atomic mass is 10.2. The summed E-state index contributed by atoms with van der Waals surface area (Å²) >= 11 is 3.38. The zero-order chi connectivity index (χ0) is 21.7. The van der Waals surface area contributed by atoms with Crippen LogP contribution in [0.5, 0.6) is 0 Å². The zero-order valence-electron chi connectivity index (χ0n) is 17.6. The molecule has 0 aliphatic rings. The molecule has 0 N–H and O–H groups in total. The lowest BCUT2D eigenvalue weighted by Gasteiger charge is -2.07. The number of aryl methyl sites for hydroxylation is 1. The monoisotopic (exact) mass is 457 g/mol. The fourth-order valence-electron chi connectivity index (χ4n) is 3.94. The van der Waals surface area contributed by atoms with Crippen LogP contribution in [-0.4, -0.2) is 34.1 Å². The Hall–Kier alpha value is -3.30. The standard InChI is InChI=1S/C23H19N7S2/c1-14-15(2)29(11-16-7-9-24-10-8-16)21-20(14)22-27-19(28-30(22)13-25-21)12-31-23-26-17-5-3-4-6-18(17)32-23/h3-10,13H,11-12H2,1-2H3. The van der Waals surface area contributed by atoms with Crippen LogP contribution in [0, 0.1) is 13.8 Å². The van der Waals surface area contributed by atoms with Gasteiger partial charge >= 0.3 is 0 Å². The molecule has 0 saturated carbocycles. The molecule has 158 valence electrons. The first kappa shape index (κ1) is 19.4. The van der Waals surface area contributed by atoms with Crippen LogP contribution >= 0.6 is 23.1 Å². The maximum Gasteiger partial charge on any atom is 0.168 e. The molecule has 5 heterocycles. The number of nitrogens with zero attached hydrogens (tertiary/aromatic N) is 7. The molecule has 0 saturated heterocycles. The van der Waals surface area contributed by atoms with Gasteiger partial charge in [-0.05, 0) is 49.2 Å². The van der Waals surface area contributed by atoms with E-state index < -0.39 is 0 Å². The number of para-hydroxylation sites is 1. The fourth-order valence-corrected chi connectivity index (χ4v) is 5.86. The van der Waals surface area contributed by atoms with Crippen LogP contribution in [0.15, 0.2) is 59.5 Å². The number of benzene rings is 1. The van der Waals surface area contributed by atoms with E-state index in [4.69, 9.17) is 15.0 Å². The summed E-state index contributed by atoms with van der Waals surface area (Å²) in [6, 6.07) is 12.3. The molecular formula is C23H19N7S2. The van der Waals surface area contributed by atoms with E-state index in [-0.39, 0.29) is 0 Å². The lowest BCUT2D eigenvalue weighted by Crippen LogP contribution is -2.03. The summed E-state index contributed by atoms with van der Waals surface area (Å²) in [7, 11) is 0. The third kappa shape index (κ3) is 3.25. The van der Waals surface area contributed by atoms with Crippen molar-refractivity contribution in [1.29, 1.82) is 0 Å². The Balaban J connectivity index is 1.35. The SMILES string of the molecule is Cc1c(C)n(Cc2ccncc2)c2ncn3nc(CSc4nc5ccccc5s4)nc3c12. The summed E-state index contributed by atoms with van der Waals surface area (Å²) in [5.74, 6) is 1.45. The van der Waals surface area contributed by atoms with E-state index in [1.807, 2.05) is 42.7 Å². The highest BCUT2D eigenvalue weighted by Gasteiger charge is 2.18. The Kier molecular flexibility index (Phi) is 4.65. The molecule has 0 atom stereocenters. The molecule has 0 fully saturated rings. The normalized spacial score (nSPS) is 11.8. The Labute approximate surface area is 192 Å². The van der Waals surface area contributed by atoms with Crippen molar-refractivity contribution in [2.45, 2.75) is 30.5 Å². The van der Waals surface area contributed by atoms with Gasteiger partial charge in [0.05, 0.1) is 21.4 Å². The molecule has 9 heteroatoms. The summed E-state index contributed by atoms with van der Waals surface area (Å²) in [4.78, 5) is 18.4. The van der Waals surface area contributed by atoms with E-state index in [1.54, 1.807) is 33.9 Å². The number of aromatic nitrogens is 7. The highest BCUT2D eigenvalue weighted by molar-refractivity contribution is 8.00. The molecule has 0 unspecified atom stereocenters. The second-order valence-electron chi connectivity index (χ2n) is 7.63. The minimum Gasteiger partial charge on any atom is -0.325 e. The van der Waals surface area contributed by atoms with Crippen LogP contribution in [0.4, 0.5) is 0 Å². The molecule has 0 bridgehead atoms. The van der Waals surface area contributed by atoms with E-state index in [2.05, 4.69) is 34.6 Å². The van der Waals surface area contributed by atoms with Crippen molar-refractivity contribution in [1.82, 2.24) is 34.1 Å². The molecule has 7 nitrogen and oxygen atoms in total. The van der Waals surface area contributed by atoms with Crippen molar-refractivity contribution in [3.05, 3.63) is 77.8 Å². The van der Waals surface area contributed by atoms with Gasteiger partial charge in [-0.15, -0.1) is 16.4 Å². The maximum absolute atomic E-state index is 4.88. The predicted molar refractivity (Wildman–Crippen MR) is 128 cm³/mol. The van der Waals surface area contributed by atoms with Gasteiger partial charge in [0.25, 0.3) is 0 Å². The van der Waals surface area contributed by atoms with E-state index in [1.165, 1.54) is 21.5 Å². The van der Waals surface area contributed by atoms with Crippen LogP contribution in [0.25, 0.3) is 26.9 Å². The largest absolute Gasteiger partial charge is 0.325 e. The van der Waals surface area contributed by atoms with Crippen LogP contribution in [0.1, 0.15) is 22.6 Å². The second kappa shape index (κ2) is 7.68. The van der Waals surface area contributed by atoms with Crippen LogP contribution in [-0.2, 0) is 12.3 Å². The molecule has 0 aliphatic heterocycles. The number of rotatable bonds is 5. The fraction of sp³-hybridized carbons (Fsp3) is 0.174. The van der Waals surface area contributed by atoms with Gasteiger partial charge in [-0.3, -0.25) is 4.98 Å². The average molecular weight is 458 g/mol. The van der Waals surface area contributed by atoms with Gasteiger partial charge in [-0.1, -0.05) is 23.9 Å². The lowest BCUT2D eigenvalue weighted by molar-refractivity contribution is 0.785. The van der Waals surface area contributed by atoms with Crippen LogP contribution in [0.3, 0.4) is 0 Å². The number of pyridine rings is 1. The van der Waals surface area contributed by atoms with E-state index in [0.29, 0.717) is 5.75 Å².